The number of halogens is 2. The molecule has 3 N–H and O–H groups in total. The molecule has 1 unspecified atom stereocenters. The topological polar surface area (TPSA) is 38.0 Å². The van der Waals surface area contributed by atoms with Gasteiger partial charge in [0, 0.05) is 0 Å². The molecule has 0 fully saturated rings. The summed E-state index contributed by atoms with van der Waals surface area (Å²) in [7, 11) is 0. The normalized spacial score (nSPS) is 12.4. The van der Waals surface area contributed by atoms with Crippen molar-refractivity contribution >= 4 is 0 Å². The third-order valence-electron chi connectivity index (χ3n) is 2.91. The van der Waals surface area contributed by atoms with Crippen molar-refractivity contribution in [1.82, 2.24) is 5.43 Å². The van der Waals surface area contributed by atoms with E-state index in [0.29, 0.717) is 0 Å². The van der Waals surface area contributed by atoms with Crippen LogP contribution in [0.2, 0.25) is 0 Å². The fraction of sp³-hybridized carbons (Fsp3) is 0.143. The Morgan fingerprint density at radius 3 is 2.17 bits per heavy atom. The van der Waals surface area contributed by atoms with Gasteiger partial charge in [0.1, 0.15) is 11.6 Å². The van der Waals surface area contributed by atoms with Gasteiger partial charge in [-0.15, -0.1) is 0 Å². The summed E-state index contributed by atoms with van der Waals surface area (Å²) in [5, 5.41) is 0. The zero-order valence-corrected chi connectivity index (χ0v) is 9.95. The zero-order valence-electron chi connectivity index (χ0n) is 9.95. The second-order valence-corrected chi connectivity index (χ2v) is 4.15. The van der Waals surface area contributed by atoms with Gasteiger partial charge in [-0.2, -0.15) is 0 Å². The number of aryl methyl sites for hydroxylation is 1. The van der Waals surface area contributed by atoms with E-state index in [1.807, 2.05) is 6.92 Å². The van der Waals surface area contributed by atoms with Gasteiger partial charge in [-0.3, -0.25) is 5.84 Å². The van der Waals surface area contributed by atoms with E-state index in [1.54, 1.807) is 18.2 Å². The minimum Gasteiger partial charge on any atom is -0.271 e. The van der Waals surface area contributed by atoms with E-state index in [0.717, 1.165) is 16.7 Å². The van der Waals surface area contributed by atoms with E-state index in [2.05, 4.69) is 5.43 Å². The Kier molecular flexibility index (Phi) is 3.69. The van der Waals surface area contributed by atoms with Crippen molar-refractivity contribution in [2.75, 3.05) is 0 Å². The van der Waals surface area contributed by atoms with Gasteiger partial charge in [-0.05, 0) is 47.9 Å². The molecule has 4 heteroatoms. The predicted octanol–water partition coefficient (Wildman–Crippen LogP) is 2.83. The lowest BCUT2D eigenvalue weighted by Crippen LogP contribution is -2.29. The number of benzene rings is 2. The molecule has 2 aromatic rings. The van der Waals surface area contributed by atoms with Crippen molar-refractivity contribution in [3.63, 3.8) is 0 Å². The quantitative estimate of drug-likeness (QED) is 0.647. The van der Waals surface area contributed by atoms with Crippen LogP contribution in [0.25, 0.3) is 0 Å². The third-order valence-corrected chi connectivity index (χ3v) is 2.91. The van der Waals surface area contributed by atoms with Gasteiger partial charge in [0.25, 0.3) is 0 Å². The number of hydrazine groups is 1. The third kappa shape index (κ3) is 2.55. The van der Waals surface area contributed by atoms with E-state index in [9.17, 15) is 8.78 Å². The summed E-state index contributed by atoms with van der Waals surface area (Å²) in [4.78, 5) is 0. The van der Waals surface area contributed by atoms with Crippen LogP contribution in [0.4, 0.5) is 8.78 Å². The van der Waals surface area contributed by atoms with Crippen molar-refractivity contribution in [3.05, 3.63) is 70.8 Å². The molecule has 2 rings (SSSR count). The first-order valence-corrected chi connectivity index (χ1v) is 5.59. The molecule has 0 heterocycles. The van der Waals surface area contributed by atoms with Crippen LogP contribution in [0.15, 0.2) is 42.5 Å². The molecule has 0 amide bonds. The monoisotopic (exact) mass is 248 g/mol. The molecule has 0 bridgehead atoms. The van der Waals surface area contributed by atoms with Gasteiger partial charge in [-0.25, -0.2) is 14.2 Å². The second kappa shape index (κ2) is 5.25. The molecule has 18 heavy (non-hydrogen) atoms. The highest BCUT2D eigenvalue weighted by Gasteiger charge is 2.14. The molecule has 0 spiro atoms. The highest BCUT2D eigenvalue weighted by molar-refractivity contribution is 5.37. The number of nitrogens with two attached hydrogens (primary N) is 1. The lowest BCUT2D eigenvalue weighted by molar-refractivity contribution is 0.606. The Balaban J connectivity index is 2.41. The first-order valence-electron chi connectivity index (χ1n) is 5.59. The average molecular weight is 248 g/mol. The van der Waals surface area contributed by atoms with Gasteiger partial charge in [0.2, 0.25) is 0 Å². The summed E-state index contributed by atoms with van der Waals surface area (Å²) >= 11 is 0. The number of nitrogens with one attached hydrogen (secondary N) is 1. The van der Waals surface area contributed by atoms with Gasteiger partial charge in [0.05, 0.1) is 6.04 Å². The summed E-state index contributed by atoms with van der Waals surface area (Å²) in [5.41, 5.74) is 5.16. The fourth-order valence-corrected chi connectivity index (χ4v) is 1.98. The minimum atomic E-state index is -0.301. The summed E-state index contributed by atoms with van der Waals surface area (Å²) in [6.07, 6.45) is 0. The Morgan fingerprint density at radius 1 is 1.00 bits per heavy atom. The molecule has 0 saturated carbocycles. The zero-order chi connectivity index (χ0) is 13.1. The van der Waals surface area contributed by atoms with Crippen LogP contribution in [0, 0.1) is 18.6 Å². The molecular weight excluding hydrogens is 234 g/mol. The van der Waals surface area contributed by atoms with E-state index < -0.39 is 0 Å². The van der Waals surface area contributed by atoms with Crippen molar-refractivity contribution in [2.24, 2.45) is 5.84 Å². The van der Waals surface area contributed by atoms with Gasteiger partial charge < -0.3 is 0 Å². The summed E-state index contributed by atoms with van der Waals surface area (Å²) < 4.78 is 26.0. The molecule has 1 atom stereocenters. The lowest BCUT2D eigenvalue weighted by atomic mass is 9.95. The van der Waals surface area contributed by atoms with Gasteiger partial charge in [-0.1, -0.05) is 18.2 Å². The number of hydrogen-bond donors (Lipinski definition) is 2. The van der Waals surface area contributed by atoms with Crippen LogP contribution in [0.3, 0.4) is 0 Å². The molecule has 2 nitrogen and oxygen atoms in total. The van der Waals surface area contributed by atoms with E-state index >= 15 is 0 Å². The average Bonchev–Trinajstić information content (AvgIpc) is 2.35. The first kappa shape index (κ1) is 12.7. The van der Waals surface area contributed by atoms with Gasteiger partial charge >= 0.3 is 0 Å². The highest BCUT2D eigenvalue weighted by Crippen LogP contribution is 2.24. The van der Waals surface area contributed by atoms with Crippen molar-refractivity contribution in [3.8, 4) is 0 Å². The first-order chi connectivity index (χ1) is 8.61. The predicted molar refractivity (Wildman–Crippen MR) is 66.7 cm³/mol. The molecule has 94 valence electrons. The summed E-state index contributed by atoms with van der Waals surface area (Å²) in [6, 6.07) is 10.3. The Bertz CT molecular complexity index is 538. The molecule has 0 aliphatic rings. The molecule has 0 aliphatic heterocycles. The molecule has 0 saturated heterocycles. The Labute approximate surface area is 104 Å². The number of rotatable bonds is 3. The van der Waals surface area contributed by atoms with Crippen LogP contribution in [-0.4, -0.2) is 0 Å². The minimum absolute atomic E-state index is 0.286. The SMILES string of the molecule is Cc1cc(F)ccc1C(NN)c1ccc(F)cc1. The van der Waals surface area contributed by atoms with Crippen LogP contribution in [0.5, 0.6) is 0 Å². The van der Waals surface area contributed by atoms with Crippen molar-refractivity contribution < 1.29 is 8.78 Å². The van der Waals surface area contributed by atoms with Crippen LogP contribution in [-0.2, 0) is 0 Å². The van der Waals surface area contributed by atoms with E-state index in [1.165, 1.54) is 24.3 Å². The Hall–Kier alpha value is -1.78. The standard InChI is InChI=1S/C14H14F2N2/c1-9-8-12(16)6-7-13(9)14(18-17)10-2-4-11(15)5-3-10/h2-8,14,18H,17H2,1H3. The maximum Gasteiger partial charge on any atom is 0.123 e. The van der Waals surface area contributed by atoms with Gasteiger partial charge in [0.15, 0.2) is 0 Å². The summed E-state index contributed by atoms with van der Waals surface area (Å²) in [6.45, 7) is 1.81. The maximum atomic E-state index is 13.1. The smallest absolute Gasteiger partial charge is 0.123 e. The van der Waals surface area contributed by atoms with Crippen LogP contribution < -0.4 is 11.3 Å². The molecule has 0 radical (unpaired) electrons. The summed E-state index contributed by atoms with van der Waals surface area (Å²) in [5.74, 6) is 4.96. The molecule has 0 aliphatic carbocycles. The fourth-order valence-electron chi connectivity index (χ4n) is 1.98. The van der Waals surface area contributed by atoms with Crippen LogP contribution >= 0.6 is 0 Å². The number of hydrogen-bond acceptors (Lipinski definition) is 2. The largest absolute Gasteiger partial charge is 0.271 e. The van der Waals surface area contributed by atoms with Crippen LogP contribution in [0.1, 0.15) is 22.7 Å². The van der Waals surface area contributed by atoms with Crippen molar-refractivity contribution in [1.29, 1.82) is 0 Å². The van der Waals surface area contributed by atoms with Crippen molar-refractivity contribution in [2.45, 2.75) is 13.0 Å². The second-order valence-electron chi connectivity index (χ2n) is 4.15. The molecule has 2 aromatic carbocycles. The van der Waals surface area contributed by atoms with E-state index in [-0.39, 0.29) is 17.7 Å². The highest BCUT2D eigenvalue weighted by atomic mass is 19.1. The lowest BCUT2D eigenvalue weighted by Gasteiger charge is -2.19. The maximum absolute atomic E-state index is 13.1. The molecular formula is C14H14F2N2. The van der Waals surface area contributed by atoms with E-state index in [4.69, 9.17) is 5.84 Å². The Morgan fingerprint density at radius 2 is 1.61 bits per heavy atom. The molecule has 0 aromatic heterocycles.